The summed E-state index contributed by atoms with van der Waals surface area (Å²) < 4.78 is 18.0. The van der Waals surface area contributed by atoms with E-state index < -0.39 is 18.8 Å². The van der Waals surface area contributed by atoms with Gasteiger partial charge in [-0.05, 0) is 36.0 Å². The number of carbonyl (C=O) groups excluding carboxylic acids is 1. The first kappa shape index (κ1) is 16.6. The molecule has 2 rings (SSSR count). The summed E-state index contributed by atoms with van der Waals surface area (Å²) in [5.74, 6) is -0.280. The van der Waals surface area contributed by atoms with Crippen molar-refractivity contribution in [3.8, 4) is 0 Å². The zero-order chi connectivity index (χ0) is 16.1. The molecule has 0 saturated heterocycles. The van der Waals surface area contributed by atoms with Crippen LogP contribution >= 0.6 is 0 Å². The molecule has 1 aromatic rings. The fraction of sp³-hybridized carbons (Fsp3) is 0.471. The van der Waals surface area contributed by atoms with Gasteiger partial charge in [-0.3, -0.25) is 4.79 Å². The highest BCUT2D eigenvalue weighted by Gasteiger charge is 2.21. The fourth-order valence-corrected chi connectivity index (χ4v) is 2.88. The zero-order valence-electron chi connectivity index (χ0n) is 12.8. The van der Waals surface area contributed by atoms with Crippen molar-refractivity contribution in [1.29, 1.82) is 0 Å². The molecule has 120 valence electrons. The number of amides is 1. The van der Waals surface area contributed by atoms with E-state index in [9.17, 15) is 9.18 Å². The maximum atomic E-state index is 12.7. The lowest BCUT2D eigenvalue weighted by atomic mass is 9.86. The molecule has 5 heteroatoms. The smallest absolute Gasteiger partial charge is 0.220 e. The molecule has 4 nitrogen and oxygen atoms in total. The predicted molar refractivity (Wildman–Crippen MR) is 84.7 cm³/mol. The van der Waals surface area contributed by atoms with E-state index >= 15 is 0 Å². The van der Waals surface area contributed by atoms with Crippen LogP contribution in [0.15, 0.2) is 30.3 Å². The number of allylic oxidation sites excluding steroid dienone is 2. The molecular formula is C17H23FN2O2. The number of hydrogen-bond acceptors (Lipinski definition) is 3. The maximum Gasteiger partial charge on any atom is 0.220 e. The van der Waals surface area contributed by atoms with Gasteiger partial charge in [-0.1, -0.05) is 30.3 Å². The first-order valence-electron chi connectivity index (χ1n) is 7.49. The Hall–Kier alpha value is -1.72. The minimum atomic E-state index is -0.666. The van der Waals surface area contributed by atoms with E-state index in [1.54, 1.807) is 0 Å². The molecule has 3 atom stereocenters. The maximum absolute atomic E-state index is 12.7. The molecular weight excluding hydrogens is 283 g/mol. The van der Waals surface area contributed by atoms with Crippen molar-refractivity contribution in [3.63, 3.8) is 0 Å². The monoisotopic (exact) mass is 306 g/mol. The van der Waals surface area contributed by atoms with Gasteiger partial charge in [0, 0.05) is 13.0 Å². The number of ether oxygens (including phenoxy) is 1. The molecule has 1 aliphatic rings. The van der Waals surface area contributed by atoms with Crippen LogP contribution in [0.5, 0.6) is 0 Å². The Morgan fingerprint density at radius 3 is 2.55 bits per heavy atom. The molecule has 0 radical (unpaired) electrons. The molecule has 0 heterocycles. The third-order valence-electron chi connectivity index (χ3n) is 4.24. The molecule has 0 saturated carbocycles. The average Bonchev–Trinajstić information content (AvgIpc) is 2.56. The lowest BCUT2D eigenvalue weighted by Gasteiger charge is -2.22. The number of halogens is 1. The topological polar surface area (TPSA) is 78.3 Å². The van der Waals surface area contributed by atoms with E-state index in [0.717, 1.165) is 24.0 Å². The summed E-state index contributed by atoms with van der Waals surface area (Å²) in [5.41, 5.74) is 14.3. The predicted octanol–water partition coefficient (Wildman–Crippen LogP) is 2.34. The van der Waals surface area contributed by atoms with Gasteiger partial charge in [-0.25, -0.2) is 4.39 Å². The van der Waals surface area contributed by atoms with E-state index in [-0.39, 0.29) is 11.8 Å². The highest BCUT2D eigenvalue weighted by Crippen LogP contribution is 2.31. The third-order valence-corrected chi connectivity index (χ3v) is 4.24. The highest BCUT2D eigenvalue weighted by molar-refractivity contribution is 5.78. The summed E-state index contributed by atoms with van der Waals surface area (Å²) in [6.07, 6.45) is 3.95. The van der Waals surface area contributed by atoms with Crippen molar-refractivity contribution in [2.45, 2.75) is 31.4 Å². The zero-order valence-corrected chi connectivity index (χ0v) is 12.8. The molecule has 0 fully saturated rings. The van der Waals surface area contributed by atoms with E-state index in [1.165, 1.54) is 12.7 Å². The van der Waals surface area contributed by atoms with Crippen LogP contribution < -0.4 is 11.5 Å². The van der Waals surface area contributed by atoms with Gasteiger partial charge in [0.15, 0.2) is 0 Å². The van der Waals surface area contributed by atoms with Crippen LogP contribution in [-0.4, -0.2) is 25.7 Å². The van der Waals surface area contributed by atoms with Crippen LogP contribution in [0, 0.1) is 5.92 Å². The average molecular weight is 306 g/mol. The Balaban J connectivity index is 2.11. The molecule has 0 aliphatic heterocycles. The molecule has 0 aromatic heterocycles. The molecule has 3 unspecified atom stereocenters. The van der Waals surface area contributed by atoms with Crippen molar-refractivity contribution in [1.82, 2.24) is 0 Å². The number of primary amides is 1. The molecule has 1 aromatic carbocycles. The van der Waals surface area contributed by atoms with Crippen molar-refractivity contribution in [3.05, 3.63) is 41.5 Å². The van der Waals surface area contributed by atoms with Crippen LogP contribution in [0.3, 0.4) is 0 Å². The molecule has 1 aliphatic carbocycles. The number of hydrogen-bond donors (Lipinski definition) is 2. The van der Waals surface area contributed by atoms with Crippen LogP contribution in [-0.2, 0) is 9.53 Å². The van der Waals surface area contributed by atoms with Crippen molar-refractivity contribution in [2.24, 2.45) is 17.4 Å². The molecule has 4 N–H and O–H groups in total. The van der Waals surface area contributed by atoms with Gasteiger partial charge in [0.05, 0.1) is 12.1 Å². The summed E-state index contributed by atoms with van der Waals surface area (Å²) >= 11 is 0. The normalized spacial score (nSPS) is 21.0. The standard InChI is InChI=1S/C17H23FN2O2/c1-22-16(15(19)10-18)13-6-2-11(3-7-13)12-4-8-14(9-5-12)17(20)21/h2-4,6-7,14-16H,5,8-10,19H2,1H3,(H2,20,21). The lowest BCUT2D eigenvalue weighted by molar-refractivity contribution is -0.121. The second kappa shape index (κ2) is 7.51. The van der Waals surface area contributed by atoms with Gasteiger partial charge in [-0.2, -0.15) is 0 Å². The number of benzene rings is 1. The Labute approximate surface area is 130 Å². The van der Waals surface area contributed by atoms with Crippen molar-refractivity contribution < 1.29 is 13.9 Å². The second-order valence-electron chi connectivity index (χ2n) is 5.70. The first-order valence-corrected chi connectivity index (χ1v) is 7.49. The van der Waals surface area contributed by atoms with E-state index in [4.69, 9.17) is 16.2 Å². The lowest BCUT2D eigenvalue weighted by Crippen LogP contribution is -2.31. The molecule has 22 heavy (non-hydrogen) atoms. The van der Waals surface area contributed by atoms with Gasteiger partial charge in [0.1, 0.15) is 6.67 Å². The minimum absolute atomic E-state index is 0.0524. The minimum Gasteiger partial charge on any atom is -0.375 e. The number of nitrogens with two attached hydrogens (primary N) is 2. The van der Waals surface area contributed by atoms with Crippen LogP contribution in [0.1, 0.15) is 36.5 Å². The van der Waals surface area contributed by atoms with Crippen molar-refractivity contribution in [2.75, 3.05) is 13.8 Å². The second-order valence-corrected chi connectivity index (χ2v) is 5.70. The SMILES string of the molecule is COC(c1ccc(C2=CCC(C(N)=O)CC2)cc1)C(N)CF. The summed E-state index contributed by atoms with van der Waals surface area (Å²) in [7, 11) is 1.53. The van der Waals surface area contributed by atoms with Crippen LogP contribution in [0.4, 0.5) is 4.39 Å². The fourth-order valence-electron chi connectivity index (χ4n) is 2.88. The highest BCUT2D eigenvalue weighted by atomic mass is 19.1. The summed E-state index contributed by atoms with van der Waals surface area (Å²) in [5, 5.41) is 0. The molecule has 1 amide bonds. The number of methoxy groups -OCH3 is 1. The van der Waals surface area contributed by atoms with Gasteiger partial charge in [0.2, 0.25) is 5.91 Å². The molecule has 0 spiro atoms. The van der Waals surface area contributed by atoms with Gasteiger partial charge >= 0.3 is 0 Å². The van der Waals surface area contributed by atoms with Crippen LogP contribution in [0.25, 0.3) is 5.57 Å². The van der Waals surface area contributed by atoms with Crippen LogP contribution in [0.2, 0.25) is 0 Å². The Morgan fingerprint density at radius 2 is 2.09 bits per heavy atom. The van der Waals surface area contributed by atoms with Gasteiger partial charge < -0.3 is 16.2 Å². The summed E-state index contributed by atoms with van der Waals surface area (Å²) in [6, 6.07) is 7.15. The van der Waals surface area contributed by atoms with E-state index in [0.29, 0.717) is 6.42 Å². The Morgan fingerprint density at radius 1 is 1.41 bits per heavy atom. The Bertz CT molecular complexity index is 542. The van der Waals surface area contributed by atoms with E-state index in [1.807, 2.05) is 24.3 Å². The largest absolute Gasteiger partial charge is 0.375 e. The number of carbonyl (C=O) groups is 1. The number of alkyl halides is 1. The van der Waals surface area contributed by atoms with E-state index in [2.05, 4.69) is 6.08 Å². The number of rotatable bonds is 6. The van der Waals surface area contributed by atoms with Gasteiger partial charge in [-0.15, -0.1) is 0 Å². The third kappa shape index (κ3) is 3.72. The van der Waals surface area contributed by atoms with Crippen molar-refractivity contribution >= 4 is 11.5 Å². The summed E-state index contributed by atoms with van der Waals surface area (Å²) in [6.45, 7) is -0.625. The molecule has 0 bridgehead atoms. The van der Waals surface area contributed by atoms with Gasteiger partial charge in [0.25, 0.3) is 0 Å². The Kier molecular flexibility index (Phi) is 5.69. The summed E-state index contributed by atoms with van der Waals surface area (Å²) in [4.78, 5) is 11.2. The first-order chi connectivity index (χ1) is 10.6. The quantitative estimate of drug-likeness (QED) is 0.846.